The van der Waals surface area contributed by atoms with Crippen LogP contribution < -0.4 is 0 Å². The predicted molar refractivity (Wildman–Crippen MR) is 80.5 cm³/mol. The summed E-state index contributed by atoms with van der Waals surface area (Å²) in [5.41, 5.74) is 1.97. The van der Waals surface area contributed by atoms with Gasteiger partial charge >= 0.3 is 5.97 Å². The first-order valence-corrected chi connectivity index (χ1v) is 6.96. The van der Waals surface area contributed by atoms with Gasteiger partial charge < -0.3 is 4.74 Å². The number of ether oxygens (including phenoxy) is 1. The minimum Gasteiger partial charge on any atom is -0.455 e. The van der Waals surface area contributed by atoms with E-state index in [1.807, 2.05) is 38.1 Å². The third kappa shape index (κ3) is 1.97. The lowest BCUT2D eigenvalue weighted by Crippen LogP contribution is -2.52. The highest BCUT2D eigenvalue weighted by atomic mass is 16.6. The van der Waals surface area contributed by atoms with E-state index in [0.29, 0.717) is 0 Å². The number of rotatable bonds is 3. The molecule has 0 N–H and O–H groups in total. The average molecular weight is 297 g/mol. The van der Waals surface area contributed by atoms with E-state index >= 15 is 0 Å². The number of nitro groups is 1. The van der Waals surface area contributed by atoms with E-state index < -0.39 is 16.4 Å². The number of hydrogen-bond acceptors (Lipinski definition) is 4. The molecule has 0 unspecified atom stereocenters. The summed E-state index contributed by atoms with van der Waals surface area (Å²) in [4.78, 5) is 22.4. The summed E-state index contributed by atoms with van der Waals surface area (Å²) in [7, 11) is 0. The van der Waals surface area contributed by atoms with Crippen molar-refractivity contribution in [3.8, 4) is 0 Å². The van der Waals surface area contributed by atoms with Crippen LogP contribution in [0.1, 0.15) is 29.7 Å². The van der Waals surface area contributed by atoms with Gasteiger partial charge in [-0.05, 0) is 42.7 Å². The van der Waals surface area contributed by atoms with Gasteiger partial charge in [0.05, 0.1) is 4.92 Å². The van der Waals surface area contributed by atoms with E-state index in [2.05, 4.69) is 0 Å². The van der Waals surface area contributed by atoms with E-state index in [9.17, 15) is 14.9 Å². The van der Waals surface area contributed by atoms with Crippen LogP contribution in [0.5, 0.6) is 0 Å². The lowest BCUT2D eigenvalue weighted by molar-refractivity contribution is -0.384. The topological polar surface area (TPSA) is 69.4 Å². The van der Waals surface area contributed by atoms with Gasteiger partial charge in [-0.2, -0.15) is 0 Å². The normalized spacial score (nSPS) is 23.5. The smallest absolute Gasteiger partial charge is 0.321 e. The number of carbonyl (C=O) groups excluding carboxylic acids is 1. The standard InChI is InChI=1S/C17H15NO4/c1-11-5-3-4-6-14(11)17(2)15(22-16(17)19)12-7-9-13(10-8-12)18(20)21/h3-10,15H,1-2H3/t15-,17-/m1/s1. The van der Waals surface area contributed by atoms with Gasteiger partial charge in [0.25, 0.3) is 5.69 Å². The zero-order chi connectivity index (χ0) is 15.9. The van der Waals surface area contributed by atoms with E-state index in [4.69, 9.17) is 4.74 Å². The number of carbonyl (C=O) groups is 1. The summed E-state index contributed by atoms with van der Waals surface area (Å²) in [5.74, 6) is -0.273. The molecule has 2 aromatic carbocycles. The maximum atomic E-state index is 12.1. The van der Waals surface area contributed by atoms with Gasteiger partial charge in [-0.1, -0.05) is 24.3 Å². The number of nitro benzene ring substituents is 1. The van der Waals surface area contributed by atoms with E-state index in [-0.39, 0.29) is 11.7 Å². The number of benzene rings is 2. The van der Waals surface area contributed by atoms with Crippen molar-refractivity contribution in [3.63, 3.8) is 0 Å². The van der Waals surface area contributed by atoms with Crippen LogP contribution in [0.2, 0.25) is 0 Å². The molecule has 1 saturated heterocycles. The molecule has 0 amide bonds. The number of cyclic esters (lactones) is 1. The van der Waals surface area contributed by atoms with Crippen molar-refractivity contribution < 1.29 is 14.5 Å². The predicted octanol–water partition coefficient (Wildman–Crippen LogP) is 3.46. The minimum absolute atomic E-state index is 0.0204. The molecule has 0 aliphatic carbocycles. The van der Waals surface area contributed by atoms with Crippen molar-refractivity contribution in [1.29, 1.82) is 0 Å². The largest absolute Gasteiger partial charge is 0.455 e. The third-order valence-electron chi connectivity index (χ3n) is 4.28. The first kappa shape index (κ1) is 14.3. The Morgan fingerprint density at radius 1 is 1.14 bits per heavy atom. The Bertz CT molecular complexity index is 754. The molecule has 0 saturated carbocycles. The molecule has 112 valence electrons. The fourth-order valence-corrected chi connectivity index (χ4v) is 2.98. The van der Waals surface area contributed by atoms with Gasteiger partial charge in [0.2, 0.25) is 0 Å². The van der Waals surface area contributed by atoms with Gasteiger partial charge in [-0.15, -0.1) is 0 Å². The Balaban J connectivity index is 2.00. The minimum atomic E-state index is -0.762. The molecular formula is C17H15NO4. The second-order valence-electron chi connectivity index (χ2n) is 5.65. The maximum Gasteiger partial charge on any atom is 0.321 e. The first-order chi connectivity index (χ1) is 10.4. The van der Waals surface area contributed by atoms with Crippen LogP contribution in [-0.4, -0.2) is 10.9 Å². The van der Waals surface area contributed by atoms with Gasteiger partial charge in [0.15, 0.2) is 0 Å². The maximum absolute atomic E-state index is 12.1. The average Bonchev–Trinajstić information content (AvgIpc) is 2.52. The zero-order valence-electron chi connectivity index (χ0n) is 12.3. The van der Waals surface area contributed by atoms with Gasteiger partial charge in [-0.3, -0.25) is 14.9 Å². The summed E-state index contributed by atoms with van der Waals surface area (Å²) in [6, 6.07) is 13.9. The molecule has 1 aliphatic rings. The highest BCUT2D eigenvalue weighted by Crippen LogP contribution is 2.50. The molecule has 0 aromatic heterocycles. The van der Waals surface area contributed by atoms with Crippen LogP contribution >= 0.6 is 0 Å². The number of esters is 1. The second-order valence-corrected chi connectivity index (χ2v) is 5.65. The fraction of sp³-hybridized carbons (Fsp3) is 0.235. The molecule has 5 heteroatoms. The Morgan fingerprint density at radius 3 is 2.32 bits per heavy atom. The molecule has 0 bridgehead atoms. The van der Waals surface area contributed by atoms with Crippen LogP contribution in [0, 0.1) is 17.0 Å². The van der Waals surface area contributed by atoms with Crippen molar-refractivity contribution in [2.75, 3.05) is 0 Å². The fourth-order valence-electron chi connectivity index (χ4n) is 2.98. The summed E-state index contributed by atoms with van der Waals surface area (Å²) >= 11 is 0. The third-order valence-corrected chi connectivity index (χ3v) is 4.28. The summed E-state index contributed by atoms with van der Waals surface area (Å²) in [6.45, 7) is 3.81. The van der Waals surface area contributed by atoms with Crippen molar-refractivity contribution in [2.45, 2.75) is 25.4 Å². The van der Waals surface area contributed by atoms with Crippen LogP contribution in [0.4, 0.5) is 5.69 Å². The number of non-ortho nitro benzene ring substituents is 1. The molecule has 5 nitrogen and oxygen atoms in total. The molecule has 2 aromatic rings. The van der Waals surface area contributed by atoms with Gasteiger partial charge in [0.1, 0.15) is 11.5 Å². The molecule has 0 spiro atoms. The van der Waals surface area contributed by atoms with E-state index in [0.717, 1.165) is 16.7 Å². The number of aryl methyl sites for hydroxylation is 1. The number of hydrogen-bond donors (Lipinski definition) is 0. The number of nitrogens with zero attached hydrogens (tertiary/aromatic N) is 1. The molecule has 1 heterocycles. The Morgan fingerprint density at radius 2 is 1.77 bits per heavy atom. The molecule has 2 atom stereocenters. The Kier molecular flexibility index (Phi) is 3.20. The first-order valence-electron chi connectivity index (χ1n) is 6.96. The molecule has 22 heavy (non-hydrogen) atoms. The Hall–Kier alpha value is -2.69. The van der Waals surface area contributed by atoms with Crippen molar-refractivity contribution >= 4 is 11.7 Å². The Labute approximate surface area is 127 Å². The van der Waals surface area contributed by atoms with Crippen molar-refractivity contribution in [1.82, 2.24) is 0 Å². The van der Waals surface area contributed by atoms with Crippen molar-refractivity contribution in [2.24, 2.45) is 0 Å². The van der Waals surface area contributed by atoms with Crippen LogP contribution in [0.3, 0.4) is 0 Å². The van der Waals surface area contributed by atoms with Gasteiger partial charge in [0, 0.05) is 12.1 Å². The second kappa shape index (κ2) is 4.94. The van der Waals surface area contributed by atoms with Gasteiger partial charge in [-0.25, -0.2) is 0 Å². The van der Waals surface area contributed by atoms with Crippen LogP contribution in [-0.2, 0) is 14.9 Å². The molecule has 1 aliphatic heterocycles. The highest BCUT2D eigenvalue weighted by Gasteiger charge is 2.56. The van der Waals surface area contributed by atoms with E-state index in [1.54, 1.807) is 12.1 Å². The molecule has 3 rings (SSSR count). The van der Waals surface area contributed by atoms with E-state index in [1.165, 1.54) is 12.1 Å². The molecule has 0 radical (unpaired) electrons. The zero-order valence-corrected chi connectivity index (χ0v) is 12.3. The lowest BCUT2D eigenvalue weighted by Gasteiger charge is -2.45. The SMILES string of the molecule is Cc1ccccc1[C@@]1(C)C(=O)O[C@@H]1c1ccc([N+](=O)[O-])cc1. The van der Waals surface area contributed by atoms with Crippen LogP contribution in [0.25, 0.3) is 0 Å². The van der Waals surface area contributed by atoms with Crippen molar-refractivity contribution in [3.05, 3.63) is 75.3 Å². The molecular weight excluding hydrogens is 282 g/mol. The monoisotopic (exact) mass is 297 g/mol. The lowest BCUT2D eigenvalue weighted by atomic mass is 9.69. The summed E-state index contributed by atoms with van der Waals surface area (Å²) in [6.07, 6.45) is -0.429. The summed E-state index contributed by atoms with van der Waals surface area (Å²) < 4.78 is 5.34. The van der Waals surface area contributed by atoms with Crippen LogP contribution in [0.15, 0.2) is 48.5 Å². The molecule has 1 fully saturated rings. The summed E-state index contributed by atoms with van der Waals surface area (Å²) in [5, 5.41) is 10.7. The quantitative estimate of drug-likeness (QED) is 0.494. The highest BCUT2D eigenvalue weighted by molar-refractivity contribution is 5.90.